The van der Waals surface area contributed by atoms with Crippen LogP contribution in [0.5, 0.6) is 11.5 Å². The van der Waals surface area contributed by atoms with Gasteiger partial charge in [0, 0.05) is 6.42 Å². The maximum absolute atomic E-state index is 6.01. The molecule has 0 amide bonds. The Bertz CT molecular complexity index is 434. The summed E-state index contributed by atoms with van der Waals surface area (Å²) >= 11 is 0. The Kier molecular flexibility index (Phi) is 3.52. The Morgan fingerprint density at radius 3 is 2.47 bits per heavy atom. The molecule has 1 atom stereocenters. The Morgan fingerprint density at radius 2 is 1.82 bits per heavy atom. The number of allylic oxidation sites excluding steroid dienone is 2. The lowest BCUT2D eigenvalue weighted by Crippen LogP contribution is -2.30. The van der Waals surface area contributed by atoms with Crippen molar-refractivity contribution in [2.75, 3.05) is 6.61 Å². The summed E-state index contributed by atoms with van der Waals surface area (Å²) < 4.78 is 11.6. The summed E-state index contributed by atoms with van der Waals surface area (Å²) in [4.78, 5) is 0. The molecule has 0 aliphatic heterocycles. The molecule has 1 unspecified atom stereocenters. The molecular weight excluding hydrogens is 212 g/mol. The van der Waals surface area contributed by atoms with E-state index in [9.17, 15) is 0 Å². The summed E-state index contributed by atoms with van der Waals surface area (Å²) in [7, 11) is 0. The van der Waals surface area contributed by atoms with Crippen LogP contribution in [0.2, 0.25) is 0 Å². The van der Waals surface area contributed by atoms with Crippen LogP contribution in [0.4, 0.5) is 0 Å². The van der Waals surface area contributed by atoms with Gasteiger partial charge in [-0.25, -0.2) is 0 Å². The molecule has 1 aromatic carbocycles. The van der Waals surface area contributed by atoms with Gasteiger partial charge in [0.05, 0.1) is 6.61 Å². The van der Waals surface area contributed by atoms with Crippen molar-refractivity contribution in [3.8, 4) is 11.5 Å². The molecule has 89 valence electrons. The number of benzene rings is 1. The molecule has 1 radical (unpaired) electrons. The summed E-state index contributed by atoms with van der Waals surface area (Å²) in [6.45, 7) is 4.63. The molecule has 0 spiro atoms. The van der Waals surface area contributed by atoms with Crippen LogP contribution in [-0.4, -0.2) is 12.2 Å². The second-order valence-corrected chi connectivity index (χ2v) is 4.08. The molecule has 2 rings (SSSR count). The zero-order valence-corrected chi connectivity index (χ0v) is 10.2. The molecule has 0 heterocycles. The Hall–Kier alpha value is -1.70. The van der Waals surface area contributed by atoms with Crippen LogP contribution >= 0.6 is 0 Å². The highest BCUT2D eigenvalue weighted by Crippen LogP contribution is 2.32. The average molecular weight is 229 g/mol. The summed E-state index contributed by atoms with van der Waals surface area (Å²) in [5.74, 6) is 1.56. The first kappa shape index (κ1) is 11.8. The van der Waals surface area contributed by atoms with Crippen LogP contribution in [0.25, 0.3) is 0 Å². The lowest BCUT2D eigenvalue weighted by Gasteiger charge is -2.28. The highest BCUT2D eigenvalue weighted by atomic mass is 16.5. The van der Waals surface area contributed by atoms with Crippen molar-refractivity contribution in [3.05, 3.63) is 55.0 Å². The summed E-state index contributed by atoms with van der Waals surface area (Å²) in [6, 6.07) is 7.74. The first-order valence-corrected chi connectivity index (χ1v) is 5.85. The highest BCUT2D eigenvalue weighted by molar-refractivity contribution is 5.41. The third-order valence-corrected chi connectivity index (χ3v) is 2.56. The second kappa shape index (κ2) is 5.09. The van der Waals surface area contributed by atoms with Gasteiger partial charge in [0.2, 0.25) is 0 Å². The van der Waals surface area contributed by atoms with Crippen LogP contribution in [0, 0.1) is 6.42 Å². The van der Waals surface area contributed by atoms with Crippen molar-refractivity contribution in [1.82, 2.24) is 0 Å². The van der Waals surface area contributed by atoms with Crippen molar-refractivity contribution in [2.45, 2.75) is 19.4 Å². The number of hydrogen-bond acceptors (Lipinski definition) is 2. The van der Waals surface area contributed by atoms with Gasteiger partial charge in [0.1, 0.15) is 5.60 Å². The Balaban J connectivity index is 2.18. The predicted octanol–water partition coefficient (Wildman–Crippen LogP) is 3.55. The summed E-state index contributed by atoms with van der Waals surface area (Å²) in [6.07, 6.45) is 10.0. The van der Waals surface area contributed by atoms with E-state index in [1.807, 2.05) is 68.8 Å². The van der Waals surface area contributed by atoms with E-state index in [1.165, 1.54) is 0 Å². The lowest BCUT2D eigenvalue weighted by atomic mass is 9.97. The number of hydrogen-bond donors (Lipinski definition) is 0. The van der Waals surface area contributed by atoms with Gasteiger partial charge in [-0.3, -0.25) is 0 Å². The van der Waals surface area contributed by atoms with Crippen LogP contribution in [0.3, 0.4) is 0 Å². The molecule has 0 N–H and O–H groups in total. The van der Waals surface area contributed by atoms with E-state index in [4.69, 9.17) is 9.47 Å². The van der Waals surface area contributed by atoms with Gasteiger partial charge in [0.15, 0.2) is 11.5 Å². The summed E-state index contributed by atoms with van der Waals surface area (Å²) in [5.41, 5.74) is -0.401. The molecule has 0 aromatic heterocycles. The molecular formula is C15H17O2. The van der Waals surface area contributed by atoms with Gasteiger partial charge in [0.25, 0.3) is 0 Å². The van der Waals surface area contributed by atoms with Crippen LogP contribution in [0.15, 0.2) is 48.6 Å². The average Bonchev–Trinajstić information content (AvgIpc) is 2.32. The van der Waals surface area contributed by atoms with Crippen molar-refractivity contribution < 1.29 is 9.47 Å². The molecule has 0 saturated heterocycles. The second-order valence-electron chi connectivity index (χ2n) is 4.08. The van der Waals surface area contributed by atoms with E-state index >= 15 is 0 Å². The van der Waals surface area contributed by atoms with Gasteiger partial charge in [-0.1, -0.05) is 30.4 Å². The van der Waals surface area contributed by atoms with Crippen molar-refractivity contribution in [2.24, 2.45) is 0 Å². The zero-order valence-electron chi connectivity index (χ0n) is 10.2. The van der Waals surface area contributed by atoms with Crippen molar-refractivity contribution in [1.29, 1.82) is 0 Å². The number of para-hydroxylation sites is 2. The Morgan fingerprint density at radius 1 is 1.06 bits per heavy atom. The molecule has 1 aromatic rings. The quantitative estimate of drug-likeness (QED) is 0.786. The minimum Gasteiger partial charge on any atom is -0.490 e. The molecule has 1 aliphatic carbocycles. The topological polar surface area (TPSA) is 18.5 Å². The van der Waals surface area contributed by atoms with Gasteiger partial charge < -0.3 is 9.47 Å². The Labute approximate surface area is 103 Å². The van der Waals surface area contributed by atoms with E-state index in [0.717, 1.165) is 11.5 Å². The maximum atomic E-state index is 6.01. The summed E-state index contributed by atoms with van der Waals surface area (Å²) in [5, 5.41) is 0. The molecule has 0 saturated carbocycles. The van der Waals surface area contributed by atoms with Gasteiger partial charge in [-0.15, -0.1) is 0 Å². The molecule has 0 bridgehead atoms. The third-order valence-electron chi connectivity index (χ3n) is 2.56. The molecule has 2 heteroatoms. The van der Waals surface area contributed by atoms with E-state index in [-0.39, 0.29) is 0 Å². The fourth-order valence-corrected chi connectivity index (χ4v) is 1.73. The van der Waals surface area contributed by atoms with Gasteiger partial charge in [-0.05, 0) is 32.1 Å². The molecule has 0 fully saturated rings. The van der Waals surface area contributed by atoms with Gasteiger partial charge in [-0.2, -0.15) is 0 Å². The fraction of sp³-hybridized carbons (Fsp3) is 0.267. The van der Waals surface area contributed by atoms with Crippen molar-refractivity contribution >= 4 is 0 Å². The maximum Gasteiger partial charge on any atom is 0.162 e. The van der Waals surface area contributed by atoms with E-state index in [1.54, 1.807) is 0 Å². The first-order valence-electron chi connectivity index (χ1n) is 5.85. The predicted molar refractivity (Wildman–Crippen MR) is 69.2 cm³/mol. The van der Waals surface area contributed by atoms with E-state index in [0.29, 0.717) is 6.61 Å². The van der Waals surface area contributed by atoms with Crippen LogP contribution < -0.4 is 9.47 Å². The zero-order chi connectivity index (χ0) is 12.1. The SMILES string of the molecule is CCOc1ccccc1OC1(C)[CH]C=CC=C1. The number of ether oxygens (including phenoxy) is 2. The monoisotopic (exact) mass is 229 g/mol. The highest BCUT2D eigenvalue weighted by Gasteiger charge is 2.24. The molecule has 1 aliphatic rings. The van der Waals surface area contributed by atoms with E-state index in [2.05, 4.69) is 0 Å². The largest absolute Gasteiger partial charge is 0.490 e. The third kappa shape index (κ3) is 2.90. The van der Waals surface area contributed by atoms with Crippen molar-refractivity contribution in [3.63, 3.8) is 0 Å². The standard InChI is InChI=1S/C15H17O2/c1-3-16-13-9-5-6-10-14(13)17-15(2)11-7-4-8-12-15/h4-12H,3H2,1-2H3. The lowest BCUT2D eigenvalue weighted by molar-refractivity contribution is 0.168. The normalized spacial score (nSPS) is 22.5. The molecule has 17 heavy (non-hydrogen) atoms. The van der Waals surface area contributed by atoms with E-state index < -0.39 is 5.60 Å². The fourth-order valence-electron chi connectivity index (χ4n) is 1.73. The van der Waals surface area contributed by atoms with Crippen LogP contribution in [0.1, 0.15) is 13.8 Å². The smallest absolute Gasteiger partial charge is 0.162 e. The minimum atomic E-state index is -0.401. The van der Waals surface area contributed by atoms with Crippen LogP contribution in [-0.2, 0) is 0 Å². The van der Waals surface area contributed by atoms with Gasteiger partial charge >= 0.3 is 0 Å². The minimum absolute atomic E-state index is 0.401. The number of rotatable bonds is 4. The molecule has 2 nitrogen and oxygen atoms in total. The first-order chi connectivity index (χ1) is 8.23.